The van der Waals surface area contributed by atoms with Crippen LogP contribution in [0.1, 0.15) is 23.7 Å². The molecule has 0 aliphatic heterocycles. The zero-order chi connectivity index (χ0) is 17.9. The first-order valence-corrected chi connectivity index (χ1v) is 8.33. The minimum atomic E-state index is -0.374. The molecule has 0 unspecified atom stereocenters. The highest BCUT2D eigenvalue weighted by molar-refractivity contribution is 6.42. The summed E-state index contributed by atoms with van der Waals surface area (Å²) in [5.41, 5.74) is 0.371. The lowest BCUT2D eigenvalue weighted by Gasteiger charge is -2.22. The van der Waals surface area contributed by atoms with Crippen LogP contribution in [-0.2, 0) is 14.3 Å². The maximum absolute atomic E-state index is 12.6. The zero-order valence-electron chi connectivity index (χ0n) is 13.5. The monoisotopic (exact) mass is 377 g/mol. The smallest absolute Gasteiger partial charge is 0.307 e. The lowest BCUT2D eigenvalue weighted by atomic mass is 10.2. The maximum Gasteiger partial charge on any atom is 0.307 e. The molecular formula is C16H21Cl2NO5. The molecule has 0 aromatic heterocycles. The van der Waals surface area contributed by atoms with E-state index in [9.17, 15) is 9.59 Å². The molecule has 0 aliphatic rings. The Morgan fingerprint density at radius 3 is 2.54 bits per heavy atom. The van der Waals surface area contributed by atoms with Crippen molar-refractivity contribution >= 4 is 35.1 Å². The summed E-state index contributed by atoms with van der Waals surface area (Å²) in [6.07, 6.45) is 0.0842. The lowest BCUT2D eigenvalue weighted by Crippen LogP contribution is -2.36. The molecule has 0 heterocycles. The molecule has 1 N–H and O–H groups in total. The number of amides is 1. The van der Waals surface area contributed by atoms with E-state index in [4.69, 9.17) is 37.8 Å². The largest absolute Gasteiger partial charge is 0.466 e. The standard InChI is InChI=1S/C16H21Cl2NO5/c1-2-24-15(21)5-6-19(7-9-23-10-8-20)16(22)12-3-4-13(17)14(18)11-12/h3-4,11,20H,2,5-10H2,1H3. The summed E-state index contributed by atoms with van der Waals surface area (Å²) in [5.74, 6) is -0.661. The molecule has 1 aromatic carbocycles. The van der Waals surface area contributed by atoms with E-state index in [1.165, 1.54) is 11.0 Å². The molecule has 8 heteroatoms. The van der Waals surface area contributed by atoms with Crippen LogP contribution in [0.15, 0.2) is 18.2 Å². The second kappa shape index (κ2) is 11.3. The predicted octanol–water partition coefficient (Wildman–Crippen LogP) is 2.40. The fourth-order valence-electron chi connectivity index (χ4n) is 1.93. The Morgan fingerprint density at radius 1 is 1.17 bits per heavy atom. The number of aliphatic hydroxyl groups excluding tert-OH is 1. The molecule has 6 nitrogen and oxygen atoms in total. The van der Waals surface area contributed by atoms with Gasteiger partial charge in [-0.2, -0.15) is 0 Å². The molecule has 0 aliphatic carbocycles. The van der Waals surface area contributed by atoms with Crippen molar-refractivity contribution in [1.29, 1.82) is 0 Å². The summed E-state index contributed by atoms with van der Waals surface area (Å²) in [6, 6.07) is 4.60. The molecule has 0 spiro atoms. The van der Waals surface area contributed by atoms with Gasteiger partial charge in [0.25, 0.3) is 5.91 Å². The van der Waals surface area contributed by atoms with Crippen LogP contribution in [-0.4, -0.2) is 61.4 Å². The molecule has 1 amide bonds. The van der Waals surface area contributed by atoms with Crippen LogP contribution < -0.4 is 0 Å². The Labute approximate surface area is 151 Å². The molecule has 1 rings (SSSR count). The number of halogens is 2. The van der Waals surface area contributed by atoms with Gasteiger partial charge in [-0.05, 0) is 25.1 Å². The normalized spacial score (nSPS) is 10.5. The second-order valence-electron chi connectivity index (χ2n) is 4.81. The molecule has 0 radical (unpaired) electrons. The van der Waals surface area contributed by atoms with E-state index in [-0.39, 0.29) is 56.2 Å². The number of rotatable bonds is 10. The van der Waals surface area contributed by atoms with Crippen LogP contribution in [0.2, 0.25) is 10.0 Å². The van der Waals surface area contributed by atoms with Crippen LogP contribution in [0, 0.1) is 0 Å². The van der Waals surface area contributed by atoms with E-state index in [1.54, 1.807) is 19.1 Å². The zero-order valence-corrected chi connectivity index (χ0v) is 15.0. The SMILES string of the molecule is CCOC(=O)CCN(CCOCCO)C(=O)c1ccc(Cl)c(Cl)c1. The minimum Gasteiger partial charge on any atom is -0.466 e. The summed E-state index contributed by atoms with van der Waals surface area (Å²) in [5, 5.41) is 9.36. The minimum absolute atomic E-state index is 0.0842. The van der Waals surface area contributed by atoms with Crippen molar-refractivity contribution < 1.29 is 24.2 Å². The highest BCUT2D eigenvalue weighted by atomic mass is 35.5. The summed E-state index contributed by atoms with van der Waals surface area (Å²) in [7, 11) is 0. The quantitative estimate of drug-likeness (QED) is 0.500. The van der Waals surface area contributed by atoms with Gasteiger partial charge in [0.2, 0.25) is 0 Å². The van der Waals surface area contributed by atoms with Crippen LogP contribution in [0.3, 0.4) is 0 Å². The van der Waals surface area contributed by atoms with E-state index >= 15 is 0 Å². The lowest BCUT2D eigenvalue weighted by molar-refractivity contribution is -0.143. The van der Waals surface area contributed by atoms with Gasteiger partial charge >= 0.3 is 5.97 Å². The van der Waals surface area contributed by atoms with E-state index in [0.29, 0.717) is 17.2 Å². The predicted molar refractivity (Wildman–Crippen MR) is 91.5 cm³/mol. The van der Waals surface area contributed by atoms with Crippen LogP contribution >= 0.6 is 23.2 Å². The summed E-state index contributed by atoms with van der Waals surface area (Å²) >= 11 is 11.8. The number of carbonyl (C=O) groups excluding carboxylic acids is 2. The molecule has 1 aromatic rings. The molecular weight excluding hydrogens is 357 g/mol. The molecule has 24 heavy (non-hydrogen) atoms. The highest BCUT2D eigenvalue weighted by Crippen LogP contribution is 2.23. The van der Waals surface area contributed by atoms with Gasteiger partial charge < -0.3 is 19.5 Å². The van der Waals surface area contributed by atoms with E-state index in [0.717, 1.165) is 0 Å². The van der Waals surface area contributed by atoms with Crippen molar-refractivity contribution in [1.82, 2.24) is 4.90 Å². The van der Waals surface area contributed by atoms with Crippen molar-refractivity contribution in [2.75, 3.05) is 39.5 Å². The van der Waals surface area contributed by atoms with Gasteiger partial charge in [0.15, 0.2) is 0 Å². The van der Waals surface area contributed by atoms with Gasteiger partial charge in [-0.25, -0.2) is 0 Å². The van der Waals surface area contributed by atoms with E-state index in [2.05, 4.69) is 0 Å². The van der Waals surface area contributed by atoms with Crippen molar-refractivity contribution in [3.8, 4) is 0 Å². The van der Waals surface area contributed by atoms with Gasteiger partial charge in [-0.15, -0.1) is 0 Å². The third kappa shape index (κ3) is 7.05. The van der Waals surface area contributed by atoms with Crippen LogP contribution in [0.5, 0.6) is 0 Å². The fourth-order valence-corrected chi connectivity index (χ4v) is 2.23. The molecule has 0 saturated carbocycles. The van der Waals surface area contributed by atoms with Gasteiger partial charge in [-0.3, -0.25) is 9.59 Å². The summed E-state index contributed by atoms with van der Waals surface area (Å²) in [4.78, 5) is 25.6. The number of benzene rings is 1. The Hall–Kier alpha value is -1.34. The van der Waals surface area contributed by atoms with Gasteiger partial charge in [0, 0.05) is 18.7 Å². The second-order valence-corrected chi connectivity index (χ2v) is 5.63. The Kier molecular flexibility index (Phi) is 9.71. The third-order valence-electron chi connectivity index (χ3n) is 3.09. The Morgan fingerprint density at radius 2 is 1.92 bits per heavy atom. The number of carbonyl (C=O) groups is 2. The van der Waals surface area contributed by atoms with Gasteiger partial charge in [0.05, 0.1) is 42.9 Å². The molecule has 0 saturated heterocycles. The van der Waals surface area contributed by atoms with Crippen LogP contribution in [0.4, 0.5) is 0 Å². The van der Waals surface area contributed by atoms with Gasteiger partial charge in [-0.1, -0.05) is 23.2 Å². The first-order chi connectivity index (χ1) is 11.5. The van der Waals surface area contributed by atoms with Crippen molar-refractivity contribution in [3.05, 3.63) is 33.8 Å². The molecule has 134 valence electrons. The van der Waals surface area contributed by atoms with Crippen molar-refractivity contribution in [2.45, 2.75) is 13.3 Å². The number of nitrogens with zero attached hydrogens (tertiary/aromatic N) is 1. The molecule has 0 fully saturated rings. The highest BCUT2D eigenvalue weighted by Gasteiger charge is 2.18. The van der Waals surface area contributed by atoms with E-state index in [1.807, 2.05) is 0 Å². The Balaban J connectivity index is 2.75. The average molecular weight is 378 g/mol. The summed E-state index contributed by atoms with van der Waals surface area (Å²) < 4.78 is 10.1. The first-order valence-electron chi connectivity index (χ1n) is 7.58. The molecule has 0 bridgehead atoms. The number of aliphatic hydroxyl groups is 1. The average Bonchev–Trinajstić information content (AvgIpc) is 2.56. The molecule has 0 atom stereocenters. The first kappa shape index (κ1) is 20.7. The fraction of sp³-hybridized carbons (Fsp3) is 0.500. The third-order valence-corrected chi connectivity index (χ3v) is 3.83. The Bertz CT molecular complexity index is 553. The van der Waals surface area contributed by atoms with Crippen molar-refractivity contribution in [3.63, 3.8) is 0 Å². The topological polar surface area (TPSA) is 76.1 Å². The van der Waals surface area contributed by atoms with Crippen molar-refractivity contribution in [2.24, 2.45) is 0 Å². The van der Waals surface area contributed by atoms with Crippen LogP contribution in [0.25, 0.3) is 0 Å². The van der Waals surface area contributed by atoms with Gasteiger partial charge in [0.1, 0.15) is 0 Å². The summed E-state index contributed by atoms with van der Waals surface area (Å²) in [6.45, 7) is 2.82. The number of hydrogen-bond donors (Lipinski definition) is 1. The van der Waals surface area contributed by atoms with E-state index < -0.39 is 0 Å². The number of esters is 1. The maximum atomic E-state index is 12.6. The number of ether oxygens (including phenoxy) is 2. The number of hydrogen-bond acceptors (Lipinski definition) is 5.